The van der Waals surface area contributed by atoms with E-state index in [0.717, 1.165) is 28.5 Å². The van der Waals surface area contributed by atoms with Gasteiger partial charge in [0.05, 0.1) is 24.7 Å². The van der Waals surface area contributed by atoms with E-state index < -0.39 is 10.0 Å². The van der Waals surface area contributed by atoms with Crippen LogP contribution in [0.5, 0.6) is 0 Å². The Balaban J connectivity index is 1.68. The summed E-state index contributed by atoms with van der Waals surface area (Å²) >= 11 is 0. The lowest BCUT2D eigenvalue weighted by Crippen LogP contribution is -2.27. The molecular formula is C19H19N7O2S. The Hall–Kier alpha value is -3.53. The second-order valence-electron chi connectivity index (χ2n) is 6.50. The van der Waals surface area contributed by atoms with E-state index in [1.165, 1.54) is 11.4 Å². The van der Waals surface area contributed by atoms with Crippen LogP contribution in [0.3, 0.4) is 0 Å². The second kappa shape index (κ2) is 7.47. The molecule has 0 atom stereocenters. The third-order valence-corrected chi connectivity index (χ3v) is 5.59. The van der Waals surface area contributed by atoms with Gasteiger partial charge in [0, 0.05) is 42.8 Å². The van der Waals surface area contributed by atoms with Crippen molar-refractivity contribution in [3.63, 3.8) is 0 Å². The van der Waals surface area contributed by atoms with Crippen molar-refractivity contribution in [2.24, 2.45) is 0 Å². The van der Waals surface area contributed by atoms with Crippen LogP contribution in [-0.4, -0.2) is 46.2 Å². The predicted octanol–water partition coefficient (Wildman–Crippen LogP) is 2.41. The molecule has 0 aliphatic rings. The van der Waals surface area contributed by atoms with Gasteiger partial charge in [-0.25, -0.2) is 18.4 Å². The fourth-order valence-corrected chi connectivity index (χ4v) is 3.38. The number of nitrogens with zero attached hydrogens (tertiary/aromatic N) is 6. The zero-order chi connectivity index (χ0) is 20.4. The third-order valence-electron chi connectivity index (χ3n) is 4.42. The first-order valence-electron chi connectivity index (χ1n) is 8.78. The molecule has 1 N–H and O–H groups in total. The van der Waals surface area contributed by atoms with Crippen molar-refractivity contribution in [3.05, 3.63) is 66.9 Å². The first-order chi connectivity index (χ1) is 13.9. The van der Waals surface area contributed by atoms with Crippen molar-refractivity contribution >= 4 is 38.5 Å². The molecule has 0 aliphatic carbocycles. The van der Waals surface area contributed by atoms with Crippen molar-refractivity contribution in [1.82, 2.24) is 24.5 Å². The van der Waals surface area contributed by atoms with Crippen LogP contribution in [-0.2, 0) is 16.6 Å². The number of hydrogen-bond donors (Lipinski definition) is 1. The highest BCUT2D eigenvalue weighted by molar-refractivity contribution is 7.92. The molecule has 0 saturated carbocycles. The van der Waals surface area contributed by atoms with Gasteiger partial charge in [0.15, 0.2) is 0 Å². The first-order valence-corrected chi connectivity index (χ1v) is 10.6. The van der Waals surface area contributed by atoms with Gasteiger partial charge in [-0.15, -0.1) is 0 Å². The van der Waals surface area contributed by atoms with E-state index in [9.17, 15) is 8.42 Å². The molecule has 0 radical (unpaired) electrons. The number of pyridine rings is 2. The van der Waals surface area contributed by atoms with Gasteiger partial charge in [-0.2, -0.15) is 4.98 Å². The quantitative estimate of drug-likeness (QED) is 0.521. The molecule has 0 saturated heterocycles. The van der Waals surface area contributed by atoms with Crippen LogP contribution in [0.4, 0.5) is 17.5 Å². The maximum absolute atomic E-state index is 12.0. The molecule has 4 aromatic rings. The van der Waals surface area contributed by atoms with Crippen LogP contribution in [0.25, 0.3) is 11.0 Å². The van der Waals surface area contributed by atoms with Gasteiger partial charge in [0.2, 0.25) is 16.0 Å². The number of hydrogen-bond acceptors (Lipinski definition) is 7. The number of rotatable bonds is 6. The summed E-state index contributed by atoms with van der Waals surface area (Å²) in [6.45, 7) is 0.413. The molecule has 0 bridgehead atoms. The highest BCUT2D eigenvalue weighted by Gasteiger charge is 2.17. The highest BCUT2D eigenvalue weighted by atomic mass is 32.2. The van der Waals surface area contributed by atoms with Crippen LogP contribution in [0.15, 0.2) is 61.3 Å². The minimum absolute atomic E-state index is 0.389. The molecule has 0 aliphatic heterocycles. The average molecular weight is 409 g/mol. The lowest BCUT2D eigenvalue weighted by molar-refractivity contribution is 0.599. The second-order valence-corrected chi connectivity index (χ2v) is 8.51. The Labute approximate surface area is 168 Å². The van der Waals surface area contributed by atoms with Crippen molar-refractivity contribution < 1.29 is 8.42 Å². The Morgan fingerprint density at radius 3 is 2.69 bits per heavy atom. The Bertz CT molecular complexity index is 1260. The number of nitrogens with one attached hydrogen (secondary N) is 1. The zero-order valence-electron chi connectivity index (χ0n) is 15.9. The molecule has 148 valence electrons. The summed E-state index contributed by atoms with van der Waals surface area (Å²) in [4.78, 5) is 17.3. The SMILES string of the molecule is CN(c1ncccc1Cn1ccc2cnc(Nc3cccnc3)nc21)S(C)(=O)=O. The lowest BCUT2D eigenvalue weighted by Gasteiger charge is -2.19. The molecule has 0 fully saturated rings. The monoisotopic (exact) mass is 409 g/mol. The van der Waals surface area contributed by atoms with Gasteiger partial charge in [-0.05, 0) is 24.3 Å². The van der Waals surface area contributed by atoms with E-state index in [1.54, 1.807) is 30.9 Å². The Kier molecular flexibility index (Phi) is 4.85. The molecule has 0 spiro atoms. The average Bonchev–Trinajstić information content (AvgIpc) is 3.10. The van der Waals surface area contributed by atoms with Gasteiger partial charge in [-0.3, -0.25) is 9.29 Å². The van der Waals surface area contributed by atoms with Gasteiger partial charge < -0.3 is 9.88 Å². The molecule has 9 nitrogen and oxygen atoms in total. The lowest BCUT2D eigenvalue weighted by atomic mass is 10.2. The van der Waals surface area contributed by atoms with Crippen LogP contribution < -0.4 is 9.62 Å². The van der Waals surface area contributed by atoms with Gasteiger partial charge >= 0.3 is 0 Å². The van der Waals surface area contributed by atoms with E-state index in [2.05, 4.69) is 25.3 Å². The topological polar surface area (TPSA) is 106 Å². The molecule has 4 aromatic heterocycles. The van der Waals surface area contributed by atoms with Crippen LogP contribution in [0.1, 0.15) is 5.56 Å². The number of aromatic nitrogens is 5. The third kappa shape index (κ3) is 4.02. The van der Waals surface area contributed by atoms with Gasteiger partial charge in [0.1, 0.15) is 11.5 Å². The minimum Gasteiger partial charge on any atom is -0.328 e. The summed E-state index contributed by atoms with van der Waals surface area (Å²) < 4.78 is 27.0. The van der Waals surface area contributed by atoms with Crippen LogP contribution in [0, 0.1) is 0 Å². The maximum atomic E-state index is 12.0. The first kappa shape index (κ1) is 18.8. The normalized spacial score (nSPS) is 11.5. The van der Waals surface area contributed by atoms with E-state index in [1.807, 2.05) is 35.0 Å². The molecule has 4 heterocycles. The fraction of sp³-hybridized carbons (Fsp3) is 0.158. The number of anilines is 3. The summed E-state index contributed by atoms with van der Waals surface area (Å²) in [5.74, 6) is 0.838. The molecule has 10 heteroatoms. The zero-order valence-corrected chi connectivity index (χ0v) is 16.7. The summed E-state index contributed by atoms with van der Waals surface area (Å²) in [6.07, 6.45) is 9.75. The van der Waals surface area contributed by atoms with E-state index in [4.69, 9.17) is 0 Å². The molecular weight excluding hydrogens is 390 g/mol. The van der Waals surface area contributed by atoms with E-state index in [0.29, 0.717) is 18.3 Å². The van der Waals surface area contributed by atoms with Crippen molar-refractivity contribution in [3.8, 4) is 0 Å². The Morgan fingerprint density at radius 1 is 1.10 bits per heavy atom. The summed E-state index contributed by atoms with van der Waals surface area (Å²) in [5.41, 5.74) is 2.27. The molecule has 0 unspecified atom stereocenters. The fourth-order valence-electron chi connectivity index (χ4n) is 2.90. The van der Waals surface area contributed by atoms with Crippen molar-refractivity contribution in [2.75, 3.05) is 22.9 Å². The van der Waals surface area contributed by atoms with Gasteiger partial charge in [-0.1, -0.05) is 6.07 Å². The smallest absolute Gasteiger partial charge is 0.233 e. The minimum atomic E-state index is -3.42. The number of fused-ring (bicyclic) bond motifs is 1. The standard InChI is InChI=1S/C19H19N7O2S/c1-25(29(2,27)28)17-15(5-3-9-21-17)13-26-10-7-14-11-22-19(24-18(14)26)23-16-6-4-8-20-12-16/h3-12H,13H2,1-2H3,(H,22,23,24). The summed E-state index contributed by atoms with van der Waals surface area (Å²) in [5, 5.41) is 4.01. The summed E-state index contributed by atoms with van der Waals surface area (Å²) in [6, 6.07) is 9.25. The molecule has 0 aromatic carbocycles. The predicted molar refractivity (Wildman–Crippen MR) is 112 cm³/mol. The van der Waals surface area contributed by atoms with E-state index >= 15 is 0 Å². The number of sulfonamides is 1. The van der Waals surface area contributed by atoms with Crippen LogP contribution >= 0.6 is 0 Å². The van der Waals surface area contributed by atoms with Crippen molar-refractivity contribution in [2.45, 2.75) is 6.54 Å². The van der Waals surface area contributed by atoms with Crippen LogP contribution in [0.2, 0.25) is 0 Å². The maximum Gasteiger partial charge on any atom is 0.233 e. The van der Waals surface area contributed by atoms with Crippen molar-refractivity contribution in [1.29, 1.82) is 0 Å². The summed E-state index contributed by atoms with van der Waals surface area (Å²) in [7, 11) is -1.93. The highest BCUT2D eigenvalue weighted by Crippen LogP contribution is 2.22. The molecule has 0 amide bonds. The Morgan fingerprint density at radius 2 is 1.93 bits per heavy atom. The largest absolute Gasteiger partial charge is 0.328 e. The van der Waals surface area contributed by atoms with Gasteiger partial charge in [0.25, 0.3) is 0 Å². The van der Waals surface area contributed by atoms with E-state index in [-0.39, 0.29) is 0 Å². The molecule has 4 rings (SSSR count). The molecule has 29 heavy (non-hydrogen) atoms.